The number of hydrogen-bond acceptors (Lipinski definition) is 5. The maximum atomic E-state index is 13.4. The zero-order valence-corrected chi connectivity index (χ0v) is 19.2. The monoisotopic (exact) mass is 480 g/mol. The SMILES string of the molecule is O=C(C1CCN(S(=O)(=O)c2ccc(F)c(Cl)c2)CC1)N1CCN(Cc2cccnc2)CC1. The van der Waals surface area contributed by atoms with Gasteiger partial charge in [0.25, 0.3) is 0 Å². The fourth-order valence-corrected chi connectivity index (χ4v) is 6.01. The quantitative estimate of drug-likeness (QED) is 0.657. The lowest BCUT2D eigenvalue weighted by Gasteiger charge is -2.38. The zero-order chi connectivity index (χ0) is 22.7. The topological polar surface area (TPSA) is 73.8 Å². The third kappa shape index (κ3) is 5.11. The van der Waals surface area contributed by atoms with Crippen LogP contribution >= 0.6 is 11.6 Å². The summed E-state index contributed by atoms with van der Waals surface area (Å²) in [5.74, 6) is -0.730. The molecule has 1 aromatic heterocycles. The average molecular weight is 481 g/mol. The van der Waals surface area contributed by atoms with Crippen molar-refractivity contribution in [3.63, 3.8) is 0 Å². The first-order chi connectivity index (χ1) is 15.3. The number of benzene rings is 1. The second-order valence-corrected chi connectivity index (χ2v) is 10.6. The summed E-state index contributed by atoms with van der Waals surface area (Å²) < 4.78 is 40.5. The van der Waals surface area contributed by atoms with Gasteiger partial charge in [0.1, 0.15) is 5.82 Å². The van der Waals surface area contributed by atoms with Gasteiger partial charge in [-0.05, 0) is 42.7 Å². The van der Waals surface area contributed by atoms with Gasteiger partial charge in [-0.3, -0.25) is 14.7 Å². The van der Waals surface area contributed by atoms with E-state index in [-0.39, 0.29) is 34.8 Å². The normalized spacial score (nSPS) is 19.2. The van der Waals surface area contributed by atoms with Gasteiger partial charge in [-0.25, -0.2) is 12.8 Å². The van der Waals surface area contributed by atoms with Gasteiger partial charge in [0.15, 0.2) is 0 Å². The lowest BCUT2D eigenvalue weighted by atomic mass is 9.96. The number of nitrogens with zero attached hydrogens (tertiary/aromatic N) is 4. The van der Waals surface area contributed by atoms with Gasteiger partial charge in [0, 0.05) is 64.1 Å². The lowest BCUT2D eigenvalue weighted by Crippen LogP contribution is -2.51. The van der Waals surface area contributed by atoms with E-state index >= 15 is 0 Å². The molecule has 172 valence electrons. The molecule has 2 saturated heterocycles. The molecule has 0 unspecified atom stereocenters. The van der Waals surface area contributed by atoms with Crippen LogP contribution in [-0.4, -0.2) is 72.7 Å². The van der Waals surface area contributed by atoms with Gasteiger partial charge in [0.05, 0.1) is 9.92 Å². The third-order valence-electron chi connectivity index (χ3n) is 6.14. The highest BCUT2D eigenvalue weighted by atomic mass is 35.5. The lowest BCUT2D eigenvalue weighted by molar-refractivity contribution is -0.138. The Bertz CT molecular complexity index is 1050. The van der Waals surface area contributed by atoms with E-state index in [4.69, 9.17) is 11.6 Å². The first-order valence-corrected chi connectivity index (χ1v) is 12.5. The molecule has 0 atom stereocenters. The fraction of sp³-hybridized carbons (Fsp3) is 0.455. The second kappa shape index (κ2) is 9.82. The molecule has 2 aromatic rings. The number of hydrogen-bond donors (Lipinski definition) is 0. The van der Waals surface area contributed by atoms with Crippen LogP contribution in [0.2, 0.25) is 5.02 Å². The maximum Gasteiger partial charge on any atom is 0.243 e. The minimum Gasteiger partial charge on any atom is -0.340 e. The first-order valence-electron chi connectivity index (χ1n) is 10.7. The van der Waals surface area contributed by atoms with Crippen LogP contribution in [0.4, 0.5) is 4.39 Å². The van der Waals surface area contributed by atoms with E-state index < -0.39 is 15.8 Å². The number of halogens is 2. The molecule has 2 fully saturated rings. The Labute approximate surface area is 192 Å². The fourth-order valence-electron chi connectivity index (χ4n) is 4.26. The van der Waals surface area contributed by atoms with Crippen molar-refractivity contribution in [1.29, 1.82) is 0 Å². The molecule has 32 heavy (non-hydrogen) atoms. The number of carbonyl (C=O) groups is 1. The summed E-state index contributed by atoms with van der Waals surface area (Å²) in [5, 5.41) is -0.223. The second-order valence-electron chi connectivity index (χ2n) is 8.22. The summed E-state index contributed by atoms with van der Waals surface area (Å²) >= 11 is 5.75. The molecular weight excluding hydrogens is 455 g/mol. The van der Waals surface area contributed by atoms with Crippen molar-refractivity contribution >= 4 is 27.5 Å². The molecule has 10 heteroatoms. The van der Waals surface area contributed by atoms with E-state index in [0.29, 0.717) is 25.9 Å². The summed E-state index contributed by atoms with van der Waals surface area (Å²) in [4.78, 5) is 21.3. The Hall–Kier alpha value is -2.07. The van der Waals surface area contributed by atoms with Gasteiger partial charge in [0.2, 0.25) is 15.9 Å². The molecule has 2 aliphatic rings. The minimum atomic E-state index is -3.77. The van der Waals surface area contributed by atoms with Crippen LogP contribution in [0, 0.1) is 11.7 Å². The van der Waals surface area contributed by atoms with Gasteiger partial charge >= 0.3 is 0 Å². The standard InChI is InChI=1S/C22H26ClFN4O3S/c23-20-14-19(3-4-21(20)24)32(30,31)28-8-5-18(6-9-28)22(29)27-12-10-26(11-13-27)16-17-2-1-7-25-15-17/h1-4,7,14-15,18H,5-6,8-13,16H2. The summed E-state index contributed by atoms with van der Waals surface area (Å²) in [6.07, 6.45) is 4.57. The molecule has 0 N–H and O–H groups in total. The van der Waals surface area contributed by atoms with Crippen LogP contribution < -0.4 is 0 Å². The molecular formula is C22H26ClFN4O3S. The molecule has 7 nitrogen and oxygen atoms in total. The first kappa shape index (κ1) is 23.1. The summed E-state index contributed by atoms with van der Waals surface area (Å²) in [7, 11) is -3.77. The van der Waals surface area contributed by atoms with Crippen LogP contribution in [0.15, 0.2) is 47.6 Å². The van der Waals surface area contributed by atoms with E-state index in [1.807, 2.05) is 23.2 Å². The predicted octanol–water partition coefficient (Wildman–Crippen LogP) is 2.62. The Morgan fingerprint density at radius 3 is 2.44 bits per heavy atom. The highest BCUT2D eigenvalue weighted by molar-refractivity contribution is 7.89. The van der Waals surface area contributed by atoms with E-state index in [1.54, 1.807) is 6.20 Å². The van der Waals surface area contributed by atoms with Crippen LogP contribution in [0.25, 0.3) is 0 Å². The van der Waals surface area contributed by atoms with Crippen molar-refractivity contribution in [2.24, 2.45) is 5.92 Å². The molecule has 0 bridgehead atoms. The number of aromatic nitrogens is 1. The number of carbonyl (C=O) groups excluding carboxylic acids is 1. The van der Waals surface area contributed by atoms with Crippen LogP contribution in [0.1, 0.15) is 18.4 Å². The highest BCUT2D eigenvalue weighted by Gasteiger charge is 2.34. The van der Waals surface area contributed by atoms with Gasteiger partial charge in [-0.2, -0.15) is 4.31 Å². The highest BCUT2D eigenvalue weighted by Crippen LogP contribution is 2.27. The van der Waals surface area contributed by atoms with Crippen LogP contribution in [-0.2, 0) is 21.4 Å². The smallest absolute Gasteiger partial charge is 0.243 e. The largest absolute Gasteiger partial charge is 0.340 e. The molecule has 0 radical (unpaired) electrons. The third-order valence-corrected chi connectivity index (χ3v) is 8.33. The predicted molar refractivity (Wildman–Crippen MR) is 119 cm³/mol. The molecule has 4 rings (SSSR count). The summed E-state index contributed by atoms with van der Waals surface area (Å²) in [6.45, 7) is 4.29. The van der Waals surface area contributed by atoms with Crippen LogP contribution in [0.3, 0.4) is 0 Å². The van der Waals surface area contributed by atoms with Gasteiger partial charge in [-0.15, -0.1) is 0 Å². The molecule has 0 spiro atoms. The van der Waals surface area contributed by atoms with Crippen molar-refractivity contribution < 1.29 is 17.6 Å². The van der Waals surface area contributed by atoms with E-state index in [2.05, 4.69) is 9.88 Å². The van der Waals surface area contributed by atoms with E-state index in [9.17, 15) is 17.6 Å². The number of rotatable bonds is 5. The molecule has 1 amide bonds. The minimum absolute atomic E-state index is 0.0292. The number of piperazine rings is 1. The number of pyridine rings is 1. The average Bonchev–Trinajstić information content (AvgIpc) is 2.81. The summed E-state index contributed by atoms with van der Waals surface area (Å²) in [6, 6.07) is 7.38. The molecule has 2 aliphatic heterocycles. The van der Waals surface area contributed by atoms with Crippen molar-refractivity contribution in [2.75, 3.05) is 39.3 Å². The maximum absolute atomic E-state index is 13.4. The Kier molecular flexibility index (Phi) is 7.09. The van der Waals surface area contributed by atoms with E-state index in [0.717, 1.165) is 37.3 Å². The Morgan fingerprint density at radius 2 is 1.81 bits per heavy atom. The Balaban J connectivity index is 1.29. The van der Waals surface area contributed by atoms with Crippen molar-refractivity contribution in [3.05, 3.63) is 59.1 Å². The number of amides is 1. The van der Waals surface area contributed by atoms with E-state index in [1.165, 1.54) is 10.4 Å². The number of sulfonamides is 1. The molecule has 0 saturated carbocycles. The number of piperidine rings is 1. The van der Waals surface area contributed by atoms with Crippen LogP contribution in [0.5, 0.6) is 0 Å². The van der Waals surface area contributed by atoms with Gasteiger partial charge < -0.3 is 4.90 Å². The zero-order valence-electron chi connectivity index (χ0n) is 17.7. The van der Waals surface area contributed by atoms with Crippen molar-refractivity contribution in [3.8, 4) is 0 Å². The molecule has 3 heterocycles. The van der Waals surface area contributed by atoms with Crippen molar-refractivity contribution in [2.45, 2.75) is 24.3 Å². The Morgan fingerprint density at radius 1 is 1.09 bits per heavy atom. The molecule has 0 aliphatic carbocycles. The summed E-state index contributed by atoms with van der Waals surface area (Å²) in [5.41, 5.74) is 1.16. The molecule has 1 aromatic carbocycles. The van der Waals surface area contributed by atoms with Gasteiger partial charge in [-0.1, -0.05) is 17.7 Å². The van der Waals surface area contributed by atoms with Crippen molar-refractivity contribution in [1.82, 2.24) is 19.1 Å².